The third-order valence-electron chi connectivity index (χ3n) is 3.30. The Kier molecular flexibility index (Phi) is 4.38. The monoisotopic (exact) mass is 219 g/mol. The molecule has 1 fully saturated rings. The van der Waals surface area contributed by atoms with Crippen molar-refractivity contribution in [3.05, 3.63) is 0 Å². The summed E-state index contributed by atoms with van der Waals surface area (Å²) in [7, 11) is -1.54. The number of hydrogen-bond donors (Lipinski definition) is 1. The molecule has 0 saturated heterocycles. The van der Waals surface area contributed by atoms with Crippen molar-refractivity contribution in [3.63, 3.8) is 0 Å². The van der Waals surface area contributed by atoms with Crippen LogP contribution >= 0.6 is 0 Å². The molecule has 4 heteroatoms. The lowest BCUT2D eigenvalue weighted by molar-refractivity contribution is 0.433. The zero-order chi connectivity index (χ0) is 10.6. The molecule has 1 saturated carbocycles. The largest absolute Gasteiger partial charge is 0.218 e. The Morgan fingerprint density at radius 1 is 1.21 bits per heavy atom. The van der Waals surface area contributed by atoms with Crippen molar-refractivity contribution in [1.29, 1.82) is 0 Å². The zero-order valence-electron chi connectivity index (χ0n) is 9.12. The van der Waals surface area contributed by atoms with Gasteiger partial charge in [0, 0.05) is 0 Å². The summed E-state index contributed by atoms with van der Waals surface area (Å²) in [5.41, 5.74) is 0. The Bertz CT molecular complexity index is 261. The number of nitrogens with one attached hydrogen (secondary N) is 1. The summed E-state index contributed by atoms with van der Waals surface area (Å²) in [6, 6.07) is 0. The van der Waals surface area contributed by atoms with Crippen LogP contribution in [0.15, 0.2) is 0 Å². The van der Waals surface area contributed by atoms with Gasteiger partial charge in [-0.3, -0.25) is 0 Å². The van der Waals surface area contributed by atoms with Crippen LogP contribution in [0.25, 0.3) is 0 Å². The summed E-state index contributed by atoms with van der Waals surface area (Å²) < 4.78 is 26.0. The van der Waals surface area contributed by atoms with Gasteiger partial charge in [0.2, 0.25) is 10.0 Å². The molecule has 0 aromatic rings. The highest BCUT2D eigenvalue weighted by Gasteiger charge is 2.32. The number of rotatable bonds is 3. The molecule has 1 rings (SSSR count). The summed E-state index contributed by atoms with van der Waals surface area (Å²) >= 11 is 0. The van der Waals surface area contributed by atoms with E-state index in [-0.39, 0.29) is 5.25 Å². The van der Waals surface area contributed by atoms with Crippen molar-refractivity contribution in [2.75, 3.05) is 7.05 Å². The number of hydrogen-bond acceptors (Lipinski definition) is 2. The Morgan fingerprint density at radius 3 is 2.43 bits per heavy atom. The van der Waals surface area contributed by atoms with E-state index in [1.165, 1.54) is 19.9 Å². The highest BCUT2D eigenvalue weighted by Crippen LogP contribution is 2.29. The lowest BCUT2D eigenvalue weighted by atomic mass is 9.97. The maximum absolute atomic E-state index is 11.8. The van der Waals surface area contributed by atoms with Gasteiger partial charge >= 0.3 is 0 Å². The minimum atomic E-state index is -3.06. The predicted octanol–water partition coefficient (Wildman–Crippen LogP) is 1.89. The third kappa shape index (κ3) is 2.70. The summed E-state index contributed by atoms with van der Waals surface area (Å²) in [4.78, 5) is 0. The van der Waals surface area contributed by atoms with E-state index in [1.807, 2.05) is 0 Å². The normalized spacial score (nSPS) is 29.9. The standard InChI is InChI=1S/C10H21NO2S/c1-3-9-7-5-4-6-8-10(9)14(12,13)11-2/h9-11H,3-8H2,1-2H3. The van der Waals surface area contributed by atoms with Gasteiger partial charge in [0.15, 0.2) is 0 Å². The molecule has 1 aliphatic rings. The second-order valence-corrected chi connectivity index (χ2v) is 6.20. The van der Waals surface area contributed by atoms with Crippen molar-refractivity contribution < 1.29 is 8.42 Å². The van der Waals surface area contributed by atoms with Crippen LogP contribution < -0.4 is 4.72 Å². The van der Waals surface area contributed by atoms with Crippen molar-refractivity contribution in [2.45, 2.75) is 50.7 Å². The fourth-order valence-corrected chi connectivity index (χ4v) is 3.99. The summed E-state index contributed by atoms with van der Waals surface area (Å²) in [6.07, 6.45) is 6.32. The van der Waals surface area contributed by atoms with Crippen LogP contribution in [0.4, 0.5) is 0 Å². The lowest BCUT2D eigenvalue weighted by Crippen LogP contribution is -2.36. The van der Waals surface area contributed by atoms with E-state index in [2.05, 4.69) is 11.6 Å². The maximum atomic E-state index is 11.8. The minimum absolute atomic E-state index is 0.153. The van der Waals surface area contributed by atoms with E-state index < -0.39 is 10.0 Å². The topological polar surface area (TPSA) is 46.2 Å². The predicted molar refractivity (Wildman–Crippen MR) is 58.6 cm³/mol. The van der Waals surface area contributed by atoms with Crippen LogP contribution in [0.2, 0.25) is 0 Å². The van der Waals surface area contributed by atoms with Crippen LogP contribution in [0.3, 0.4) is 0 Å². The third-order valence-corrected chi connectivity index (χ3v) is 5.28. The molecular formula is C10H21NO2S. The maximum Gasteiger partial charge on any atom is 0.214 e. The summed E-state index contributed by atoms with van der Waals surface area (Å²) in [6.45, 7) is 2.09. The average Bonchev–Trinajstić information content (AvgIpc) is 2.42. The Hall–Kier alpha value is -0.0900. The smallest absolute Gasteiger partial charge is 0.214 e. The summed E-state index contributed by atoms with van der Waals surface area (Å²) in [5.74, 6) is 0.356. The molecule has 84 valence electrons. The molecule has 0 radical (unpaired) electrons. The molecule has 1 aliphatic carbocycles. The van der Waals surface area contributed by atoms with E-state index >= 15 is 0 Å². The minimum Gasteiger partial charge on any atom is -0.218 e. The second kappa shape index (κ2) is 5.12. The highest BCUT2D eigenvalue weighted by molar-refractivity contribution is 7.90. The number of sulfonamides is 1. The van der Waals surface area contributed by atoms with Crippen molar-refractivity contribution in [2.24, 2.45) is 5.92 Å². The SMILES string of the molecule is CCC1CCCCCC1S(=O)(=O)NC. The molecule has 0 amide bonds. The van der Waals surface area contributed by atoms with Gasteiger partial charge in [-0.05, 0) is 25.8 Å². The van der Waals surface area contributed by atoms with E-state index in [9.17, 15) is 8.42 Å². The van der Waals surface area contributed by atoms with Crippen LogP contribution in [-0.2, 0) is 10.0 Å². The Balaban J connectivity index is 2.80. The Morgan fingerprint density at radius 2 is 1.86 bits per heavy atom. The quantitative estimate of drug-likeness (QED) is 0.737. The van der Waals surface area contributed by atoms with Crippen LogP contribution in [-0.4, -0.2) is 20.7 Å². The fourth-order valence-electron chi connectivity index (χ4n) is 2.38. The van der Waals surface area contributed by atoms with Crippen molar-refractivity contribution >= 4 is 10.0 Å². The van der Waals surface area contributed by atoms with Gasteiger partial charge < -0.3 is 0 Å². The first kappa shape index (κ1) is 12.0. The first-order chi connectivity index (χ1) is 6.61. The molecule has 14 heavy (non-hydrogen) atoms. The molecule has 0 aromatic heterocycles. The van der Waals surface area contributed by atoms with Gasteiger partial charge in [0.25, 0.3) is 0 Å². The van der Waals surface area contributed by atoms with Crippen molar-refractivity contribution in [3.8, 4) is 0 Å². The van der Waals surface area contributed by atoms with Crippen molar-refractivity contribution in [1.82, 2.24) is 4.72 Å². The van der Waals surface area contributed by atoms with Gasteiger partial charge in [0.05, 0.1) is 5.25 Å². The van der Waals surface area contributed by atoms with Crippen LogP contribution in [0.5, 0.6) is 0 Å². The first-order valence-corrected chi connectivity index (χ1v) is 7.08. The van der Waals surface area contributed by atoms with Gasteiger partial charge in [-0.1, -0.05) is 32.6 Å². The van der Waals surface area contributed by atoms with Gasteiger partial charge in [-0.15, -0.1) is 0 Å². The van der Waals surface area contributed by atoms with E-state index in [1.54, 1.807) is 0 Å². The van der Waals surface area contributed by atoms with Gasteiger partial charge in [-0.2, -0.15) is 0 Å². The molecule has 0 aromatic carbocycles. The van der Waals surface area contributed by atoms with E-state index in [0.29, 0.717) is 5.92 Å². The molecule has 2 unspecified atom stereocenters. The average molecular weight is 219 g/mol. The molecule has 3 nitrogen and oxygen atoms in total. The molecule has 0 aliphatic heterocycles. The molecular weight excluding hydrogens is 198 g/mol. The zero-order valence-corrected chi connectivity index (χ0v) is 9.94. The summed E-state index contributed by atoms with van der Waals surface area (Å²) in [5, 5.41) is -0.153. The van der Waals surface area contributed by atoms with Crippen LogP contribution in [0, 0.1) is 5.92 Å². The first-order valence-electron chi connectivity index (χ1n) is 5.54. The second-order valence-electron chi connectivity index (χ2n) is 4.09. The van der Waals surface area contributed by atoms with E-state index in [0.717, 1.165) is 25.7 Å². The van der Waals surface area contributed by atoms with Gasteiger partial charge in [0.1, 0.15) is 0 Å². The van der Waals surface area contributed by atoms with Gasteiger partial charge in [-0.25, -0.2) is 13.1 Å². The molecule has 2 atom stereocenters. The highest BCUT2D eigenvalue weighted by atomic mass is 32.2. The molecule has 0 bridgehead atoms. The molecule has 0 spiro atoms. The molecule has 1 N–H and O–H groups in total. The van der Waals surface area contributed by atoms with Crippen LogP contribution in [0.1, 0.15) is 45.4 Å². The van der Waals surface area contributed by atoms with E-state index in [4.69, 9.17) is 0 Å². The lowest BCUT2D eigenvalue weighted by Gasteiger charge is -2.23. The molecule has 0 heterocycles. The Labute approximate surface area is 87.3 Å². The fraction of sp³-hybridized carbons (Fsp3) is 1.00.